The van der Waals surface area contributed by atoms with Gasteiger partial charge in [0.1, 0.15) is 12.4 Å². The molecule has 2 aliphatic rings. The third-order valence-corrected chi connectivity index (χ3v) is 4.11. The van der Waals surface area contributed by atoms with E-state index in [1.807, 2.05) is 13.0 Å². The maximum absolute atomic E-state index is 13.3. The predicted octanol–water partition coefficient (Wildman–Crippen LogP) is 3.03. The summed E-state index contributed by atoms with van der Waals surface area (Å²) in [6, 6.07) is 5.03. The Labute approximate surface area is 118 Å². The van der Waals surface area contributed by atoms with Crippen LogP contribution in [-0.2, 0) is 4.74 Å². The molecule has 0 saturated carbocycles. The number of nitrogens with zero attached hydrogens (tertiary/aromatic N) is 2. The fraction of sp³-hybridized carbons (Fsp3) is 0.533. The van der Waals surface area contributed by atoms with Crippen molar-refractivity contribution in [3.8, 4) is 0 Å². The van der Waals surface area contributed by atoms with Crippen molar-refractivity contribution in [2.24, 2.45) is 0 Å². The van der Waals surface area contributed by atoms with E-state index in [-0.39, 0.29) is 18.0 Å². The number of carbonyl (C=O) groups excluding carboxylic acids is 1. The van der Waals surface area contributed by atoms with Crippen LogP contribution in [0.1, 0.15) is 36.4 Å². The summed E-state index contributed by atoms with van der Waals surface area (Å²) in [4.78, 5) is 11.8. The minimum atomic E-state index is -0.267. The van der Waals surface area contributed by atoms with E-state index >= 15 is 0 Å². The second kappa shape index (κ2) is 5.40. The van der Waals surface area contributed by atoms with Crippen LogP contribution in [0.15, 0.2) is 18.2 Å². The van der Waals surface area contributed by atoms with E-state index in [9.17, 15) is 9.18 Å². The van der Waals surface area contributed by atoms with Gasteiger partial charge in [-0.1, -0.05) is 12.5 Å². The van der Waals surface area contributed by atoms with Crippen LogP contribution in [-0.4, -0.2) is 35.8 Å². The van der Waals surface area contributed by atoms with Gasteiger partial charge in [0.05, 0.1) is 12.6 Å². The molecule has 4 nitrogen and oxygen atoms in total. The lowest BCUT2D eigenvalue weighted by Gasteiger charge is -2.40. The van der Waals surface area contributed by atoms with Crippen molar-refractivity contribution >= 4 is 6.09 Å². The van der Waals surface area contributed by atoms with Gasteiger partial charge in [-0.3, -0.25) is 0 Å². The second-order valence-electron chi connectivity index (χ2n) is 5.41. The highest BCUT2D eigenvalue weighted by atomic mass is 19.1. The number of benzene rings is 1. The minimum absolute atomic E-state index is 0.134. The number of cyclic esters (lactones) is 1. The summed E-state index contributed by atoms with van der Waals surface area (Å²) >= 11 is 0. The van der Waals surface area contributed by atoms with Gasteiger partial charge in [0.15, 0.2) is 0 Å². The molecule has 1 atom stereocenters. The van der Waals surface area contributed by atoms with Crippen LogP contribution in [0.4, 0.5) is 9.18 Å². The summed E-state index contributed by atoms with van der Waals surface area (Å²) in [5, 5.41) is 3.80. The molecular formula is C15H19FN2O2. The zero-order valence-corrected chi connectivity index (χ0v) is 11.6. The zero-order chi connectivity index (χ0) is 14.1. The number of ether oxygens (including phenoxy) is 1. The summed E-state index contributed by atoms with van der Waals surface area (Å²) in [7, 11) is 0. The van der Waals surface area contributed by atoms with Gasteiger partial charge in [-0.15, -0.1) is 0 Å². The molecule has 1 unspecified atom stereocenters. The first-order valence-electron chi connectivity index (χ1n) is 7.14. The van der Waals surface area contributed by atoms with Gasteiger partial charge in [0.2, 0.25) is 0 Å². The van der Waals surface area contributed by atoms with Crippen LogP contribution in [0, 0.1) is 12.7 Å². The van der Waals surface area contributed by atoms with Gasteiger partial charge < -0.3 is 4.74 Å². The number of amides is 1. The van der Waals surface area contributed by atoms with Crippen LogP contribution < -0.4 is 0 Å². The molecule has 2 saturated heterocycles. The molecule has 2 aliphatic heterocycles. The Morgan fingerprint density at radius 1 is 1.30 bits per heavy atom. The lowest BCUT2D eigenvalue weighted by atomic mass is 9.93. The van der Waals surface area contributed by atoms with Gasteiger partial charge in [0.25, 0.3) is 0 Å². The molecule has 2 heterocycles. The molecule has 3 rings (SSSR count). The highest BCUT2D eigenvalue weighted by Crippen LogP contribution is 2.34. The molecule has 0 bridgehead atoms. The van der Waals surface area contributed by atoms with Crippen LogP contribution in [0.2, 0.25) is 0 Å². The van der Waals surface area contributed by atoms with E-state index in [1.165, 1.54) is 6.07 Å². The lowest BCUT2D eigenvalue weighted by Crippen LogP contribution is -2.47. The topological polar surface area (TPSA) is 32.8 Å². The Hall–Kier alpha value is -1.62. The summed E-state index contributed by atoms with van der Waals surface area (Å²) in [6.07, 6.45) is 2.91. The van der Waals surface area contributed by atoms with Crippen molar-refractivity contribution in [2.75, 3.05) is 19.7 Å². The van der Waals surface area contributed by atoms with Crippen LogP contribution >= 0.6 is 0 Å². The van der Waals surface area contributed by atoms with E-state index in [2.05, 4.69) is 5.01 Å². The monoisotopic (exact) mass is 278 g/mol. The SMILES string of the molecule is Cc1cc(F)ccc1C1CCCCN1N1CCOC1=O. The Balaban J connectivity index is 1.90. The van der Waals surface area contributed by atoms with Crippen LogP contribution in [0.25, 0.3) is 0 Å². The van der Waals surface area contributed by atoms with E-state index in [1.54, 1.807) is 11.1 Å². The van der Waals surface area contributed by atoms with Crippen molar-refractivity contribution in [1.82, 2.24) is 10.0 Å². The first-order valence-corrected chi connectivity index (χ1v) is 7.14. The molecule has 0 radical (unpaired) electrons. The third-order valence-electron chi connectivity index (χ3n) is 4.11. The van der Waals surface area contributed by atoms with Crippen LogP contribution in [0.3, 0.4) is 0 Å². The van der Waals surface area contributed by atoms with Gasteiger partial charge >= 0.3 is 6.09 Å². The Bertz CT molecular complexity index is 521. The molecular weight excluding hydrogens is 259 g/mol. The van der Waals surface area contributed by atoms with Crippen LogP contribution in [0.5, 0.6) is 0 Å². The van der Waals surface area contributed by atoms with E-state index in [0.29, 0.717) is 13.2 Å². The fourth-order valence-corrected chi connectivity index (χ4v) is 3.15. The largest absolute Gasteiger partial charge is 0.447 e. The average Bonchev–Trinajstić information content (AvgIpc) is 2.85. The average molecular weight is 278 g/mol. The summed E-state index contributed by atoms with van der Waals surface area (Å²) in [6.45, 7) is 3.82. The predicted molar refractivity (Wildman–Crippen MR) is 72.5 cm³/mol. The fourth-order valence-electron chi connectivity index (χ4n) is 3.15. The molecule has 1 aromatic rings. The number of hydrazine groups is 1. The molecule has 108 valence electrons. The molecule has 1 aromatic carbocycles. The van der Waals surface area contributed by atoms with Gasteiger partial charge in [0, 0.05) is 6.54 Å². The quantitative estimate of drug-likeness (QED) is 0.833. The maximum Gasteiger partial charge on any atom is 0.424 e. The molecule has 0 aliphatic carbocycles. The summed E-state index contributed by atoms with van der Waals surface area (Å²) < 4.78 is 18.3. The number of rotatable bonds is 2. The molecule has 20 heavy (non-hydrogen) atoms. The number of piperidine rings is 1. The van der Waals surface area contributed by atoms with Gasteiger partial charge in [-0.05, 0) is 43.0 Å². The summed E-state index contributed by atoms with van der Waals surface area (Å²) in [5.74, 6) is -0.214. The maximum atomic E-state index is 13.3. The number of hydrogen-bond acceptors (Lipinski definition) is 3. The lowest BCUT2D eigenvalue weighted by molar-refractivity contribution is -0.0360. The molecule has 0 spiro atoms. The number of aryl methyl sites for hydroxylation is 1. The first-order chi connectivity index (χ1) is 9.66. The molecule has 5 heteroatoms. The second-order valence-corrected chi connectivity index (χ2v) is 5.41. The van der Waals surface area contributed by atoms with Crippen molar-refractivity contribution in [2.45, 2.75) is 32.2 Å². The molecule has 0 aromatic heterocycles. The number of halogens is 1. The Kier molecular flexibility index (Phi) is 3.61. The molecule has 2 fully saturated rings. The smallest absolute Gasteiger partial charge is 0.424 e. The normalized spacial score (nSPS) is 24.0. The van der Waals surface area contributed by atoms with Crippen molar-refractivity contribution in [1.29, 1.82) is 0 Å². The van der Waals surface area contributed by atoms with Crippen molar-refractivity contribution < 1.29 is 13.9 Å². The van der Waals surface area contributed by atoms with Gasteiger partial charge in [-0.2, -0.15) is 0 Å². The molecule has 0 N–H and O–H groups in total. The summed E-state index contributed by atoms with van der Waals surface area (Å²) in [5.41, 5.74) is 2.04. The Morgan fingerprint density at radius 3 is 2.85 bits per heavy atom. The van der Waals surface area contributed by atoms with Gasteiger partial charge in [-0.25, -0.2) is 19.2 Å². The number of hydrogen-bond donors (Lipinski definition) is 0. The third kappa shape index (κ3) is 2.38. The minimum Gasteiger partial charge on any atom is -0.447 e. The highest BCUT2D eigenvalue weighted by Gasteiger charge is 2.35. The van der Waals surface area contributed by atoms with Crippen molar-refractivity contribution in [3.05, 3.63) is 35.1 Å². The number of carbonyl (C=O) groups is 1. The zero-order valence-electron chi connectivity index (χ0n) is 11.6. The highest BCUT2D eigenvalue weighted by molar-refractivity contribution is 5.68. The van der Waals surface area contributed by atoms with E-state index in [0.717, 1.165) is 36.9 Å². The molecule has 1 amide bonds. The van der Waals surface area contributed by atoms with Crippen molar-refractivity contribution in [3.63, 3.8) is 0 Å². The Morgan fingerprint density at radius 2 is 2.15 bits per heavy atom. The first kappa shape index (κ1) is 13.4. The van der Waals surface area contributed by atoms with E-state index < -0.39 is 0 Å². The standard InChI is InChI=1S/C15H19FN2O2/c1-11-10-12(16)5-6-13(11)14-4-2-3-7-17(14)18-8-9-20-15(18)19/h5-6,10,14H,2-4,7-9H2,1H3. The van der Waals surface area contributed by atoms with E-state index in [4.69, 9.17) is 4.74 Å².